The molecule has 0 aromatic carbocycles. The molecule has 4 atom stereocenters. The Kier molecular flexibility index (Phi) is 5.76. The van der Waals surface area contributed by atoms with Gasteiger partial charge in [-0.1, -0.05) is 0 Å². The van der Waals surface area contributed by atoms with Crippen LogP contribution in [0, 0.1) is 0 Å². The zero-order valence-corrected chi connectivity index (χ0v) is 10.5. The Morgan fingerprint density at radius 2 is 1.81 bits per heavy atom. The van der Waals surface area contributed by atoms with Crippen LogP contribution in [0.3, 0.4) is 0 Å². The Morgan fingerprint density at radius 1 is 1.19 bits per heavy atom. The number of hydrogen-bond acceptors (Lipinski definition) is 4. The first-order chi connectivity index (χ1) is 7.60. The van der Waals surface area contributed by atoms with E-state index in [4.69, 9.17) is 26.8 Å². The van der Waals surface area contributed by atoms with Crippen molar-refractivity contribution in [2.75, 3.05) is 20.8 Å². The van der Waals surface area contributed by atoms with Crippen LogP contribution in [0.4, 0.5) is 0 Å². The fourth-order valence-corrected chi connectivity index (χ4v) is 1.96. The van der Waals surface area contributed by atoms with E-state index in [1.165, 1.54) is 0 Å². The summed E-state index contributed by atoms with van der Waals surface area (Å²) in [5.74, 6) is 0. The van der Waals surface area contributed by atoms with E-state index in [2.05, 4.69) is 0 Å². The molecule has 1 heterocycles. The van der Waals surface area contributed by atoms with Crippen LogP contribution in [0.15, 0.2) is 0 Å². The van der Waals surface area contributed by atoms with Gasteiger partial charge in [0.25, 0.3) is 0 Å². The van der Waals surface area contributed by atoms with E-state index in [9.17, 15) is 0 Å². The van der Waals surface area contributed by atoms with Crippen molar-refractivity contribution in [1.82, 2.24) is 0 Å². The van der Waals surface area contributed by atoms with Crippen molar-refractivity contribution in [3.8, 4) is 0 Å². The maximum atomic E-state index is 5.81. The second-order valence-electron chi connectivity index (χ2n) is 4.25. The Balaban J connectivity index is 2.41. The summed E-state index contributed by atoms with van der Waals surface area (Å²) in [4.78, 5) is 0. The molecular weight excluding hydrogens is 207 g/mol. The van der Waals surface area contributed by atoms with Gasteiger partial charge in [0.2, 0.25) is 0 Å². The van der Waals surface area contributed by atoms with Crippen LogP contribution in [0.25, 0.3) is 0 Å². The molecule has 1 aliphatic rings. The molecule has 2 radical (unpaired) electrons. The number of hydrogen-bond donors (Lipinski definition) is 0. The third-order valence-electron chi connectivity index (χ3n) is 2.74. The maximum Gasteiger partial charge on any atom is 0.112 e. The summed E-state index contributed by atoms with van der Waals surface area (Å²) in [6.45, 7) is 4.66. The fraction of sp³-hybridized carbons (Fsp3) is 1.00. The summed E-state index contributed by atoms with van der Waals surface area (Å²) in [5, 5.41) is 0. The van der Waals surface area contributed by atoms with Crippen LogP contribution in [-0.4, -0.2) is 59.1 Å². The van der Waals surface area contributed by atoms with Gasteiger partial charge in [0.15, 0.2) is 0 Å². The molecule has 0 N–H and O–H groups in total. The molecule has 0 aromatic rings. The summed E-state index contributed by atoms with van der Waals surface area (Å²) in [5.41, 5.74) is 0. The minimum absolute atomic E-state index is 0.0521. The van der Waals surface area contributed by atoms with Crippen molar-refractivity contribution >= 4 is 7.85 Å². The van der Waals surface area contributed by atoms with Crippen molar-refractivity contribution in [3.05, 3.63) is 0 Å². The SMILES string of the molecule is [B]C1OC(CCOC(C)C)C(OC)C1OC. The van der Waals surface area contributed by atoms with Gasteiger partial charge in [0.1, 0.15) is 20.1 Å². The molecule has 16 heavy (non-hydrogen) atoms. The van der Waals surface area contributed by atoms with Gasteiger partial charge in [-0.25, -0.2) is 0 Å². The van der Waals surface area contributed by atoms with Gasteiger partial charge in [-0.3, -0.25) is 0 Å². The monoisotopic (exact) mass is 228 g/mol. The first-order valence-electron chi connectivity index (χ1n) is 5.68. The first kappa shape index (κ1) is 14.0. The predicted molar refractivity (Wildman–Crippen MR) is 61.7 cm³/mol. The summed E-state index contributed by atoms with van der Waals surface area (Å²) in [7, 11) is 9.07. The Hall–Kier alpha value is -0.0951. The van der Waals surface area contributed by atoms with Gasteiger partial charge >= 0.3 is 0 Å². The Labute approximate surface area is 99.0 Å². The number of ether oxygens (including phenoxy) is 4. The lowest BCUT2D eigenvalue weighted by Crippen LogP contribution is -2.36. The van der Waals surface area contributed by atoms with E-state index < -0.39 is 6.00 Å². The smallest absolute Gasteiger partial charge is 0.112 e. The second-order valence-corrected chi connectivity index (χ2v) is 4.25. The van der Waals surface area contributed by atoms with E-state index >= 15 is 0 Å². The highest BCUT2D eigenvalue weighted by molar-refractivity contribution is 6.11. The molecule has 0 aromatic heterocycles. The van der Waals surface area contributed by atoms with Crippen molar-refractivity contribution in [3.63, 3.8) is 0 Å². The predicted octanol–water partition coefficient (Wildman–Crippen LogP) is 0.725. The molecule has 0 spiro atoms. The van der Waals surface area contributed by atoms with Crippen LogP contribution in [0.1, 0.15) is 20.3 Å². The molecule has 1 fully saturated rings. The van der Waals surface area contributed by atoms with Crippen molar-refractivity contribution in [2.24, 2.45) is 0 Å². The molecule has 0 bridgehead atoms. The molecule has 0 amide bonds. The highest BCUT2D eigenvalue weighted by Crippen LogP contribution is 2.26. The van der Waals surface area contributed by atoms with Gasteiger partial charge in [0, 0.05) is 26.8 Å². The van der Waals surface area contributed by atoms with E-state index in [-0.39, 0.29) is 24.4 Å². The lowest BCUT2D eigenvalue weighted by atomic mass is 9.92. The van der Waals surface area contributed by atoms with Crippen LogP contribution in [0.5, 0.6) is 0 Å². The average molecular weight is 228 g/mol. The number of methoxy groups -OCH3 is 2. The van der Waals surface area contributed by atoms with Gasteiger partial charge in [-0.15, -0.1) is 0 Å². The van der Waals surface area contributed by atoms with Gasteiger partial charge < -0.3 is 18.9 Å². The molecule has 1 saturated heterocycles. The Bertz CT molecular complexity index is 200. The van der Waals surface area contributed by atoms with Crippen LogP contribution < -0.4 is 0 Å². The lowest BCUT2D eigenvalue weighted by Gasteiger charge is -2.21. The third kappa shape index (κ3) is 3.45. The van der Waals surface area contributed by atoms with E-state index in [0.717, 1.165) is 6.42 Å². The minimum Gasteiger partial charge on any atom is -0.379 e. The van der Waals surface area contributed by atoms with Crippen molar-refractivity contribution in [2.45, 2.75) is 50.7 Å². The molecule has 4 nitrogen and oxygen atoms in total. The number of rotatable bonds is 6. The molecular formula is C11H21BO4. The molecule has 5 heteroatoms. The summed E-state index contributed by atoms with van der Waals surface area (Å²) >= 11 is 0. The van der Waals surface area contributed by atoms with Crippen molar-refractivity contribution < 1.29 is 18.9 Å². The van der Waals surface area contributed by atoms with Crippen LogP contribution >= 0.6 is 0 Å². The first-order valence-corrected chi connectivity index (χ1v) is 5.68. The van der Waals surface area contributed by atoms with E-state index in [1.807, 2.05) is 13.8 Å². The minimum atomic E-state index is -0.418. The molecule has 4 unspecified atom stereocenters. The summed E-state index contributed by atoms with van der Waals surface area (Å²) < 4.78 is 21.7. The highest BCUT2D eigenvalue weighted by atomic mass is 16.6. The molecule has 92 valence electrons. The third-order valence-corrected chi connectivity index (χ3v) is 2.74. The van der Waals surface area contributed by atoms with Crippen LogP contribution in [-0.2, 0) is 18.9 Å². The average Bonchev–Trinajstić information content (AvgIpc) is 2.53. The summed E-state index contributed by atoms with van der Waals surface area (Å²) in [6.07, 6.45) is 0.632. The fourth-order valence-electron chi connectivity index (χ4n) is 1.96. The van der Waals surface area contributed by atoms with Crippen LogP contribution in [0.2, 0.25) is 0 Å². The van der Waals surface area contributed by atoms with E-state index in [0.29, 0.717) is 6.61 Å². The highest BCUT2D eigenvalue weighted by Gasteiger charge is 2.42. The zero-order valence-electron chi connectivity index (χ0n) is 10.5. The van der Waals surface area contributed by atoms with Gasteiger partial charge in [-0.2, -0.15) is 0 Å². The molecule has 1 aliphatic heterocycles. The topological polar surface area (TPSA) is 36.9 Å². The van der Waals surface area contributed by atoms with Crippen molar-refractivity contribution in [1.29, 1.82) is 0 Å². The Morgan fingerprint density at radius 3 is 2.31 bits per heavy atom. The lowest BCUT2D eigenvalue weighted by molar-refractivity contribution is -0.0371. The summed E-state index contributed by atoms with van der Waals surface area (Å²) in [6, 6.07) is -0.418. The maximum absolute atomic E-state index is 5.81. The molecule has 1 rings (SSSR count). The normalized spacial score (nSPS) is 34.8. The second kappa shape index (κ2) is 6.59. The molecule has 0 aliphatic carbocycles. The quantitative estimate of drug-likeness (QED) is 0.628. The largest absolute Gasteiger partial charge is 0.379 e. The molecule has 0 saturated carbocycles. The zero-order chi connectivity index (χ0) is 12.1. The van der Waals surface area contributed by atoms with Gasteiger partial charge in [0.05, 0.1) is 12.2 Å². The standard InChI is InChI=1S/C11H21BO4/c1-7(2)15-6-5-8-9(13-3)10(14-4)11(12)16-8/h7-11H,5-6H2,1-4H3. The van der Waals surface area contributed by atoms with Gasteiger partial charge in [-0.05, 0) is 20.3 Å². The van der Waals surface area contributed by atoms with E-state index in [1.54, 1.807) is 14.2 Å².